The summed E-state index contributed by atoms with van der Waals surface area (Å²) < 4.78 is 5.70. The molecule has 0 radical (unpaired) electrons. The number of hydrogen-bond acceptors (Lipinski definition) is 3. The van der Waals surface area contributed by atoms with E-state index >= 15 is 0 Å². The van der Waals surface area contributed by atoms with Gasteiger partial charge in [-0.25, -0.2) is 0 Å². The summed E-state index contributed by atoms with van der Waals surface area (Å²) in [5, 5.41) is 4.90. The second-order valence-electron chi connectivity index (χ2n) is 6.78. The molecule has 1 unspecified atom stereocenters. The molecule has 1 aromatic rings. The standard InChI is InChI=1S/C16H24Cl2N2O/c1-16(2,10-20(3)4)9-19-14-5-6-21-15-12(14)7-11(17)8-13(15)18/h7-8,14,19H,5-6,9-10H2,1-4H3. The van der Waals surface area contributed by atoms with Crippen LogP contribution in [0.2, 0.25) is 10.0 Å². The lowest BCUT2D eigenvalue weighted by molar-refractivity contribution is 0.205. The summed E-state index contributed by atoms with van der Waals surface area (Å²) >= 11 is 12.4. The number of halogens is 2. The Hall–Kier alpha value is -0.480. The highest BCUT2D eigenvalue weighted by Gasteiger charge is 2.26. The van der Waals surface area contributed by atoms with E-state index in [9.17, 15) is 0 Å². The van der Waals surface area contributed by atoms with Gasteiger partial charge in [0.2, 0.25) is 0 Å². The van der Waals surface area contributed by atoms with Crippen LogP contribution in [0.4, 0.5) is 0 Å². The van der Waals surface area contributed by atoms with E-state index in [-0.39, 0.29) is 11.5 Å². The number of ether oxygens (including phenoxy) is 1. The highest BCUT2D eigenvalue weighted by atomic mass is 35.5. The summed E-state index contributed by atoms with van der Waals surface area (Å²) in [6.07, 6.45) is 0.932. The van der Waals surface area contributed by atoms with E-state index in [1.165, 1.54) is 0 Å². The second kappa shape index (κ2) is 6.74. The van der Waals surface area contributed by atoms with Gasteiger partial charge in [0.15, 0.2) is 0 Å². The van der Waals surface area contributed by atoms with Crippen molar-refractivity contribution >= 4 is 23.2 Å². The van der Waals surface area contributed by atoms with Crippen molar-refractivity contribution in [1.82, 2.24) is 10.2 Å². The quantitative estimate of drug-likeness (QED) is 0.883. The fourth-order valence-corrected chi connectivity index (χ4v) is 3.51. The Balaban J connectivity index is 2.10. The number of benzene rings is 1. The smallest absolute Gasteiger partial charge is 0.142 e. The topological polar surface area (TPSA) is 24.5 Å². The first kappa shape index (κ1) is 16.9. The van der Waals surface area contributed by atoms with Crippen molar-refractivity contribution in [1.29, 1.82) is 0 Å². The second-order valence-corrected chi connectivity index (χ2v) is 7.62. The molecule has 1 aliphatic rings. The minimum Gasteiger partial charge on any atom is -0.492 e. The average molecular weight is 331 g/mol. The predicted molar refractivity (Wildman–Crippen MR) is 89.7 cm³/mol. The molecule has 3 nitrogen and oxygen atoms in total. The summed E-state index contributed by atoms with van der Waals surface area (Å²) in [4.78, 5) is 2.22. The van der Waals surface area contributed by atoms with Gasteiger partial charge in [0.05, 0.1) is 11.6 Å². The van der Waals surface area contributed by atoms with Crippen molar-refractivity contribution in [3.05, 3.63) is 27.7 Å². The Labute approximate surface area is 137 Å². The Bertz CT molecular complexity index is 503. The van der Waals surface area contributed by atoms with Crippen LogP contribution < -0.4 is 10.1 Å². The lowest BCUT2D eigenvalue weighted by atomic mass is 9.91. The van der Waals surface area contributed by atoms with E-state index in [0.717, 1.165) is 30.8 Å². The average Bonchev–Trinajstić information content (AvgIpc) is 2.35. The van der Waals surface area contributed by atoms with Crippen LogP contribution in [0.5, 0.6) is 5.75 Å². The Kier molecular flexibility index (Phi) is 5.42. The zero-order valence-corrected chi connectivity index (χ0v) is 14.7. The molecule has 1 heterocycles. The zero-order chi connectivity index (χ0) is 15.6. The van der Waals surface area contributed by atoms with Gasteiger partial charge in [-0.15, -0.1) is 0 Å². The number of nitrogens with one attached hydrogen (secondary N) is 1. The van der Waals surface area contributed by atoms with Crippen LogP contribution in [0.15, 0.2) is 12.1 Å². The number of fused-ring (bicyclic) bond motifs is 1. The van der Waals surface area contributed by atoms with Crippen molar-refractivity contribution in [3.63, 3.8) is 0 Å². The van der Waals surface area contributed by atoms with Crippen molar-refractivity contribution in [3.8, 4) is 5.75 Å². The van der Waals surface area contributed by atoms with Gasteiger partial charge in [-0.2, -0.15) is 0 Å². The maximum Gasteiger partial charge on any atom is 0.142 e. The van der Waals surface area contributed by atoms with E-state index in [4.69, 9.17) is 27.9 Å². The third-order valence-electron chi connectivity index (χ3n) is 3.64. The summed E-state index contributed by atoms with van der Waals surface area (Å²) in [6.45, 7) is 7.18. The third-order valence-corrected chi connectivity index (χ3v) is 4.14. The van der Waals surface area contributed by atoms with Crippen molar-refractivity contribution in [2.45, 2.75) is 26.3 Å². The summed E-state index contributed by atoms with van der Waals surface area (Å²) in [7, 11) is 4.20. The monoisotopic (exact) mass is 330 g/mol. The van der Waals surface area contributed by atoms with Crippen LogP contribution in [0, 0.1) is 5.41 Å². The molecular formula is C16H24Cl2N2O. The fraction of sp³-hybridized carbons (Fsp3) is 0.625. The first-order chi connectivity index (χ1) is 9.78. The van der Waals surface area contributed by atoms with Crippen LogP contribution in [-0.4, -0.2) is 38.7 Å². The van der Waals surface area contributed by atoms with Crippen molar-refractivity contribution in [2.75, 3.05) is 33.8 Å². The summed E-state index contributed by atoms with van der Waals surface area (Å²) in [5.74, 6) is 0.773. The molecule has 0 amide bonds. The normalized spacial score (nSPS) is 18.5. The summed E-state index contributed by atoms with van der Waals surface area (Å²) in [6, 6.07) is 3.94. The minimum atomic E-state index is 0.199. The molecule has 1 aromatic carbocycles. The van der Waals surface area contributed by atoms with E-state index in [1.807, 2.05) is 6.07 Å². The van der Waals surface area contributed by atoms with Gasteiger partial charge in [-0.05, 0) is 31.6 Å². The molecule has 21 heavy (non-hydrogen) atoms. The van der Waals surface area contributed by atoms with E-state index < -0.39 is 0 Å². The van der Waals surface area contributed by atoms with Crippen LogP contribution in [0.25, 0.3) is 0 Å². The summed E-state index contributed by atoms with van der Waals surface area (Å²) in [5.41, 5.74) is 1.27. The SMILES string of the molecule is CN(C)CC(C)(C)CNC1CCOc2c(Cl)cc(Cl)cc21. The van der Waals surface area contributed by atoms with Crippen LogP contribution in [-0.2, 0) is 0 Å². The Morgan fingerprint density at radius 3 is 2.71 bits per heavy atom. The molecule has 0 spiro atoms. The maximum absolute atomic E-state index is 6.23. The lowest BCUT2D eigenvalue weighted by Crippen LogP contribution is -2.40. The van der Waals surface area contributed by atoms with Gasteiger partial charge < -0.3 is 15.0 Å². The predicted octanol–water partition coefficient (Wildman–Crippen LogP) is 3.99. The number of nitrogens with zero attached hydrogens (tertiary/aromatic N) is 1. The lowest BCUT2D eigenvalue weighted by Gasteiger charge is -2.33. The maximum atomic E-state index is 6.23. The highest BCUT2D eigenvalue weighted by Crippen LogP contribution is 2.40. The number of rotatable bonds is 5. The number of hydrogen-bond donors (Lipinski definition) is 1. The first-order valence-electron chi connectivity index (χ1n) is 7.28. The van der Waals surface area contributed by atoms with Gasteiger partial charge in [-0.1, -0.05) is 37.0 Å². The molecule has 5 heteroatoms. The van der Waals surface area contributed by atoms with Crippen LogP contribution in [0.1, 0.15) is 31.9 Å². The molecule has 0 bridgehead atoms. The molecule has 2 rings (SSSR count). The molecule has 0 aromatic heterocycles. The third kappa shape index (κ3) is 4.49. The van der Waals surface area contributed by atoms with Gasteiger partial charge in [0.25, 0.3) is 0 Å². The zero-order valence-electron chi connectivity index (χ0n) is 13.2. The molecule has 0 saturated carbocycles. The van der Waals surface area contributed by atoms with Gasteiger partial charge >= 0.3 is 0 Å². The van der Waals surface area contributed by atoms with Crippen LogP contribution >= 0.6 is 23.2 Å². The molecule has 0 fully saturated rings. The molecule has 0 aliphatic carbocycles. The fourth-order valence-electron chi connectivity index (χ4n) is 2.95. The first-order valence-corrected chi connectivity index (χ1v) is 8.04. The van der Waals surface area contributed by atoms with E-state index in [1.54, 1.807) is 6.07 Å². The Morgan fingerprint density at radius 1 is 1.33 bits per heavy atom. The van der Waals surface area contributed by atoms with Crippen molar-refractivity contribution in [2.24, 2.45) is 5.41 Å². The molecule has 0 saturated heterocycles. The van der Waals surface area contributed by atoms with Gasteiger partial charge in [0.1, 0.15) is 5.75 Å². The molecule has 1 atom stereocenters. The molecule has 1 aliphatic heterocycles. The van der Waals surface area contributed by atoms with Gasteiger partial charge in [-0.3, -0.25) is 0 Å². The molecular weight excluding hydrogens is 307 g/mol. The minimum absolute atomic E-state index is 0.199. The molecule has 118 valence electrons. The Morgan fingerprint density at radius 2 is 2.05 bits per heavy atom. The van der Waals surface area contributed by atoms with E-state index in [0.29, 0.717) is 16.7 Å². The van der Waals surface area contributed by atoms with Crippen LogP contribution in [0.3, 0.4) is 0 Å². The highest BCUT2D eigenvalue weighted by molar-refractivity contribution is 6.35. The molecule has 1 N–H and O–H groups in total. The van der Waals surface area contributed by atoms with Gasteiger partial charge in [0, 0.05) is 36.1 Å². The van der Waals surface area contributed by atoms with Crippen molar-refractivity contribution < 1.29 is 4.74 Å². The van der Waals surface area contributed by atoms with E-state index in [2.05, 4.69) is 38.2 Å². The largest absolute Gasteiger partial charge is 0.492 e.